The number of hydrogen-bond acceptors (Lipinski definition) is 3. The molecule has 0 spiro atoms. The number of carbonyl (C=O) groups is 1. The van der Waals surface area contributed by atoms with Crippen LogP contribution in [0.2, 0.25) is 0 Å². The molecule has 2 aromatic carbocycles. The number of ether oxygens (including phenoxy) is 1. The lowest BCUT2D eigenvalue weighted by Crippen LogP contribution is -2.32. The fourth-order valence-corrected chi connectivity index (χ4v) is 3.51. The topological polar surface area (TPSA) is 38.3 Å². The molecule has 3 rings (SSSR count). The molecule has 0 aliphatic heterocycles. The van der Waals surface area contributed by atoms with Crippen LogP contribution in [-0.2, 0) is 4.79 Å². The molecular weight excluding hydrogens is 386 g/mol. The Labute approximate surface area is 153 Å². The number of benzene rings is 2. The molecule has 1 heterocycles. The highest BCUT2D eigenvalue weighted by Gasteiger charge is 2.17. The van der Waals surface area contributed by atoms with Crippen molar-refractivity contribution in [2.45, 2.75) is 6.04 Å². The molecule has 1 amide bonds. The van der Waals surface area contributed by atoms with Gasteiger partial charge in [0.15, 0.2) is 6.61 Å². The van der Waals surface area contributed by atoms with Gasteiger partial charge in [-0.05, 0) is 35.2 Å². The fourth-order valence-electron chi connectivity index (χ4n) is 2.33. The molecule has 0 radical (unpaired) electrons. The summed E-state index contributed by atoms with van der Waals surface area (Å²) in [5.41, 5.74) is 1.05. The number of amides is 1. The predicted molar refractivity (Wildman–Crippen MR) is 100 cm³/mol. The lowest BCUT2D eigenvalue weighted by molar-refractivity contribution is -0.123. The lowest BCUT2D eigenvalue weighted by Gasteiger charge is -2.18. The van der Waals surface area contributed by atoms with Crippen molar-refractivity contribution in [3.63, 3.8) is 0 Å². The van der Waals surface area contributed by atoms with Crippen molar-refractivity contribution in [3.05, 3.63) is 87.0 Å². The van der Waals surface area contributed by atoms with Crippen LogP contribution in [0.5, 0.6) is 5.75 Å². The van der Waals surface area contributed by atoms with Crippen LogP contribution < -0.4 is 10.1 Å². The van der Waals surface area contributed by atoms with Gasteiger partial charge < -0.3 is 10.1 Å². The molecule has 1 N–H and O–H groups in total. The first-order valence-electron chi connectivity index (χ1n) is 7.48. The van der Waals surface area contributed by atoms with E-state index in [-0.39, 0.29) is 18.6 Å². The molecule has 24 heavy (non-hydrogen) atoms. The highest BCUT2D eigenvalue weighted by Crippen LogP contribution is 2.26. The Morgan fingerprint density at radius 2 is 1.92 bits per heavy atom. The maximum atomic E-state index is 12.3. The van der Waals surface area contributed by atoms with E-state index in [1.165, 1.54) is 0 Å². The van der Waals surface area contributed by atoms with Crippen molar-refractivity contribution in [2.24, 2.45) is 0 Å². The summed E-state index contributed by atoms with van der Waals surface area (Å²) >= 11 is 5.01. The van der Waals surface area contributed by atoms with Crippen molar-refractivity contribution in [1.82, 2.24) is 5.32 Å². The van der Waals surface area contributed by atoms with Gasteiger partial charge in [0.1, 0.15) is 5.75 Å². The van der Waals surface area contributed by atoms with Gasteiger partial charge in [-0.25, -0.2) is 0 Å². The van der Waals surface area contributed by atoms with E-state index in [9.17, 15) is 4.79 Å². The summed E-state index contributed by atoms with van der Waals surface area (Å²) in [4.78, 5) is 13.4. The molecule has 1 atom stereocenters. The molecule has 0 bridgehead atoms. The van der Waals surface area contributed by atoms with Crippen LogP contribution in [0, 0.1) is 0 Å². The van der Waals surface area contributed by atoms with Crippen LogP contribution in [0.4, 0.5) is 0 Å². The van der Waals surface area contributed by atoms with Crippen LogP contribution in [0.1, 0.15) is 16.5 Å². The Bertz CT molecular complexity index is 790. The summed E-state index contributed by atoms with van der Waals surface area (Å²) in [7, 11) is 0. The standard InChI is InChI=1S/C19H16BrNO2S/c20-15-8-4-9-16(12-15)23-13-18(22)21-19(17-10-5-11-24-17)14-6-2-1-3-7-14/h1-12,19H,13H2,(H,21,22)/t19-/m0/s1. The van der Waals surface area contributed by atoms with Gasteiger partial charge in [-0.2, -0.15) is 0 Å². The predicted octanol–water partition coefficient (Wildman–Crippen LogP) is 4.80. The number of carbonyl (C=O) groups excluding carboxylic acids is 1. The van der Waals surface area contributed by atoms with E-state index in [4.69, 9.17) is 4.74 Å². The Hall–Kier alpha value is -2.11. The zero-order valence-corrected chi connectivity index (χ0v) is 15.2. The average Bonchev–Trinajstić information content (AvgIpc) is 3.13. The highest BCUT2D eigenvalue weighted by molar-refractivity contribution is 9.10. The number of hydrogen-bond donors (Lipinski definition) is 1. The molecule has 0 fully saturated rings. The van der Waals surface area contributed by atoms with Gasteiger partial charge in [-0.1, -0.05) is 58.4 Å². The average molecular weight is 402 g/mol. The van der Waals surface area contributed by atoms with Crippen LogP contribution in [0.3, 0.4) is 0 Å². The van der Waals surface area contributed by atoms with Crippen LogP contribution >= 0.6 is 27.3 Å². The van der Waals surface area contributed by atoms with Crippen molar-refractivity contribution in [2.75, 3.05) is 6.61 Å². The molecule has 0 aliphatic carbocycles. The highest BCUT2D eigenvalue weighted by atomic mass is 79.9. The molecule has 1 aromatic heterocycles. The third-order valence-corrected chi connectivity index (χ3v) is 4.86. The second-order valence-corrected chi connectivity index (χ2v) is 7.07. The molecule has 0 unspecified atom stereocenters. The van der Waals surface area contributed by atoms with Crippen molar-refractivity contribution in [3.8, 4) is 5.75 Å². The van der Waals surface area contributed by atoms with Crippen LogP contribution in [0.15, 0.2) is 76.6 Å². The fraction of sp³-hybridized carbons (Fsp3) is 0.105. The van der Waals surface area contributed by atoms with Crippen molar-refractivity contribution in [1.29, 1.82) is 0 Å². The smallest absolute Gasteiger partial charge is 0.258 e. The summed E-state index contributed by atoms with van der Waals surface area (Å²) in [6.07, 6.45) is 0. The zero-order valence-electron chi connectivity index (χ0n) is 12.8. The largest absolute Gasteiger partial charge is 0.484 e. The Balaban J connectivity index is 1.68. The van der Waals surface area contributed by atoms with Gasteiger partial charge in [-0.15, -0.1) is 11.3 Å². The van der Waals surface area contributed by atoms with Gasteiger partial charge in [0.05, 0.1) is 6.04 Å². The molecule has 0 saturated carbocycles. The van der Waals surface area contributed by atoms with Crippen LogP contribution in [-0.4, -0.2) is 12.5 Å². The van der Waals surface area contributed by atoms with E-state index in [0.717, 1.165) is 14.9 Å². The minimum Gasteiger partial charge on any atom is -0.484 e. The van der Waals surface area contributed by atoms with E-state index >= 15 is 0 Å². The van der Waals surface area contributed by atoms with E-state index in [1.807, 2.05) is 72.1 Å². The molecule has 0 saturated heterocycles. The minimum atomic E-state index is -0.162. The number of nitrogens with one attached hydrogen (secondary N) is 1. The summed E-state index contributed by atoms with van der Waals surface area (Å²) in [6.45, 7) is -0.0227. The monoisotopic (exact) mass is 401 g/mol. The van der Waals surface area contributed by atoms with Gasteiger partial charge in [0.2, 0.25) is 0 Å². The van der Waals surface area contributed by atoms with Crippen LogP contribution in [0.25, 0.3) is 0 Å². The second kappa shape index (κ2) is 8.13. The first-order valence-corrected chi connectivity index (χ1v) is 9.16. The van der Waals surface area contributed by atoms with Gasteiger partial charge in [0.25, 0.3) is 5.91 Å². The van der Waals surface area contributed by atoms with E-state index in [0.29, 0.717) is 5.75 Å². The van der Waals surface area contributed by atoms with Crippen molar-refractivity contribution >= 4 is 33.2 Å². The Morgan fingerprint density at radius 3 is 2.62 bits per heavy atom. The van der Waals surface area contributed by atoms with Crippen molar-refractivity contribution < 1.29 is 9.53 Å². The quantitative estimate of drug-likeness (QED) is 0.644. The number of rotatable bonds is 6. The second-order valence-electron chi connectivity index (χ2n) is 5.17. The maximum absolute atomic E-state index is 12.3. The summed E-state index contributed by atoms with van der Waals surface area (Å²) in [5.74, 6) is 0.504. The normalized spacial score (nSPS) is 11.7. The summed E-state index contributed by atoms with van der Waals surface area (Å²) in [5, 5.41) is 5.06. The molecule has 3 nitrogen and oxygen atoms in total. The van der Waals surface area contributed by atoms with E-state index in [2.05, 4.69) is 21.2 Å². The molecule has 3 aromatic rings. The molecule has 122 valence electrons. The van der Waals surface area contributed by atoms with Gasteiger partial charge >= 0.3 is 0 Å². The molecular formula is C19H16BrNO2S. The summed E-state index contributed by atoms with van der Waals surface area (Å²) < 4.78 is 6.48. The summed E-state index contributed by atoms with van der Waals surface area (Å²) in [6, 6.07) is 21.2. The molecule has 5 heteroatoms. The minimum absolute atomic E-state index is 0.0227. The number of thiophene rings is 1. The van der Waals surface area contributed by atoms with Gasteiger partial charge in [-0.3, -0.25) is 4.79 Å². The van der Waals surface area contributed by atoms with E-state index in [1.54, 1.807) is 11.3 Å². The lowest BCUT2D eigenvalue weighted by atomic mass is 10.1. The number of halogens is 1. The Morgan fingerprint density at radius 1 is 1.08 bits per heavy atom. The third-order valence-electron chi connectivity index (χ3n) is 3.43. The zero-order chi connectivity index (χ0) is 16.8. The van der Waals surface area contributed by atoms with E-state index < -0.39 is 0 Å². The Kier molecular flexibility index (Phi) is 5.67. The molecule has 0 aliphatic rings. The maximum Gasteiger partial charge on any atom is 0.258 e. The van der Waals surface area contributed by atoms with Gasteiger partial charge in [0, 0.05) is 9.35 Å². The third kappa shape index (κ3) is 4.46. The first kappa shape index (κ1) is 16.7. The first-order chi connectivity index (χ1) is 11.7. The SMILES string of the molecule is O=C(COc1cccc(Br)c1)N[C@@H](c1ccccc1)c1cccs1.